The topological polar surface area (TPSA) is 58.2 Å². The number of anilines is 2. The van der Waals surface area contributed by atoms with Crippen LogP contribution in [0.15, 0.2) is 18.2 Å². The molecule has 5 heteroatoms. The molecular formula is C13H17ClN2O2. The van der Waals surface area contributed by atoms with Crippen LogP contribution in [-0.2, 0) is 9.59 Å². The van der Waals surface area contributed by atoms with Gasteiger partial charge < -0.3 is 10.6 Å². The number of halogens is 1. The van der Waals surface area contributed by atoms with E-state index in [4.69, 9.17) is 11.6 Å². The first-order chi connectivity index (χ1) is 8.43. The van der Waals surface area contributed by atoms with Crippen LogP contribution >= 0.6 is 11.6 Å². The number of hydrogen-bond acceptors (Lipinski definition) is 2. The van der Waals surface area contributed by atoms with E-state index in [0.717, 1.165) is 6.42 Å². The second kappa shape index (κ2) is 6.40. The molecule has 0 saturated carbocycles. The summed E-state index contributed by atoms with van der Waals surface area (Å²) in [5.41, 5.74) is 1.16. The molecule has 0 bridgehead atoms. The number of carbonyl (C=O) groups excluding carboxylic acids is 2. The van der Waals surface area contributed by atoms with Crippen molar-refractivity contribution < 1.29 is 9.59 Å². The molecule has 1 atom stereocenters. The summed E-state index contributed by atoms with van der Waals surface area (Å²) in [5.74, 6) is -0.270. The van der Waals surface area contributed by atoms with Crippen LogP contribution in [0.25, 0.3) is 0 Å². The molecule has 98 valence electrons. The molecule has 1 unspecified atom stereocenters. The highest BCUT2D eigenvalue weighted by molar-refractivity contribution is 6.34. The number of rotatable bonds is 4. The maximum atomic E-state index is 11.7. The van der Waals surface area contributed by atoms with Crippen molar-refractivity contribution in [3.8, 4) is 0 Å². The molecule has 1 aromatic carbocycles. The minimum atomic E-state index is -0.187. The maximum Gasteiger partial charge on any atom is 0.227 e. The summed E-state index contributed by atoms with van der Waals surface area (Å²) in [6.45, 7) is 5.23. The molecule has 2 amide bonds. The Morgan fingerprint density at radius 1 is 1.33 bits per heavy atom. The van der Waals surface area contributed by atoms with Gasteiger partial charge >= 0.3 is 0 Å². The summed E-state index contributed by atoms with van der Waals surface area (Å²) in [4.78, 5) is 22.6. The van der Waals surface area contributed by atoms with E-state index in [1.807, 2.05) is 13.8 Å². The molecule has 0 radical (unpaired) electrons. The Kier molecular flexibility index (Phi) is 5.16. The minimum Gasteiger partial charge on any atom is -0.326 e. The Balaban J connectivity index is 2.78. The lowest BCUT2D eigenvalue weighted by Crippen LogP contribution is -2.19. The number of benzene rings is 1. The zero-order valence-electron chi connectivity index (χ0n) is 10.7. The summed E-state index contributed by atoms with van der Waals surface area (Å²) in [7, 11) is 0. The molecule has 0 spiro atoms. The summed E-state index contributed by atoms with van der Waals surface area (Å²) >= 11 is 6.00. The van der Waals surface area contributed by atoms with Crippen molar-refractivity contribution in [3.05, 3.63) is 23.2 Å². The normalized spacial score (nSPS) is 11.8. The monoisotopic (exact) mass is 268 g/mol. The van der Waals surface area contributed by atoms with Crippen LogP contribution in [0.1, 0.15) is 27.2 Å². The van der Waals surface area contributed by atoms with Gasteiger partial charge in [0.15, 0.2) is 0 Å². The number of hydrogen-bond donors (Lipinski definition) is 2. The van der Waals surface area contributed by atoms with E-state index < -0.39 is 0 Å². The first-order valence-electron chi connectivity index (χ1n) is 5.82. The quantitative estimate of drug-likeness (QED) is 0.880. The molecule has 1 aromatic rings. The highest BCUT2D eigenvalue weighted by Gasteiger charge is 2.11. The Labute approximate surface area is 112 Å². The fraction of sp³-hybridized carbons (Fsp3) is 0.385. The van der Waals surface area contributed by atoms with E-state index >= 15 is 0 Å². The molecule has 4 nitrogen and oxygen atoms in total. The zero-order valence-corrected chi connectivity index (χ0v) is 11.5. The Morgan fingerprint density at radius 3 is 2.50 bits per heavy atom. The Morgan fingerprint density at radius 2 is 2.00 bits per heavy atom. The molecule has 18 heavy (non-hydrogen) atoms. The average Bonchev–Trinajstić information content (AvgIpc) is 2.31. The van der Waals surface area contributed by atoms with E-state index in [0.29, 0.717) is 16.4 Å². The SMILES string of the molecule is CCC(C)C(=O)Nc1ccc(NC(C)=O)c(Cl)c1. The molecule has 1 rings (SSSR count). The van der Waals surface area contributed by atoms with Crippen LogP contribution in [0.2, 0.25) is 5.02 Å². The third kappa shape index (κ3) is 4.04. The summed E-state index contributed by atoms with van der Waals surface area (Å²) in [5, 5.41) is 5.78. The second-order valence-electron chi connectivity index (χ2n) is 4.17. The number of nitrogens with one attached hydrogen (secondary N) is 2. The summed E-state index contributed by atoms with van der Waals surface area (Å²) < 4.78 is 0. The predicted molar refractivity (Wildman–Crippen MR) is 73.8 cm³/mol. The van der Waals surface area contributed by atoms with Gasteiger partial charge in [0.05, 0.1) is 10.7 Å². The smallest absolute Gasteiger partial charge is 0.227 e. The lowest BCUT2D eigenvalue weighted by molar-refractivity contribution is -0.119. The Hall–Kier alpha value is -1.55. The molecule has 0 aromatic heterocycles. The number of carbonyl (C=O) groups is 2. The van der Waals surface area contributed by atoms with Crippen LogP contribution in [0, 0.1) is 5.92 Å². The molecule has 0 fully saturated rings. The molecular weight excluding hydrogens is 252 g/mol. The van der Waals surface area contributed by atoms with Gasteiger partial charge in [-0.25, -0.2) is 0 Å². The van der Waals surface area contributed by atoms with E-state index in [2.05, 4.69) is 10.6 Å². The van der Waals surface area contributed by atoms with Crippen molar-refractivity contribution in [2.75, 3.05) is 10.6 Å². The van der Waals surface area contributed by atoms with Gasteiger partial charge in [-0.2, -0.15) is 0 Å². The minimum absolute atomic E-state index is 0.0409. The summed E-state index contributed by atoms with van der Waals surface area (Å²) in [6.07, 6.45) is 0.781. The first-order valence-corrected chi connectivity index (χ1v) is 6.19. The van der Waals surface area contributed by atoms with Gasteiger partial charge in [0.2, 0.25) is 11.8 Å². The lowest BCUT2D eigenvalue weighted by Gasteiger charge is -2.11. The van der Waals surface area contributed by atoms with Crippen LogP contribution < -0.4 is 10.6 Å². The fourth-order valence-electron chi connectivity index (χ4n) is 1.33. The highest BCUT2D eigenvalue weighted by atomic mass is 35.5. The van der Waals surface area contributed by atoms with E-state index in [9.17, 15) is 9.59 Å². The van der Waals surface area contributed by atoms with E-state index in [1.54, 1.807) is 18.2 Å². The van der Waals surface area contributed by atoms with Crippen molar-refractivity contribution in [2.45, 2.75) is 27.2 Å². The summed E-state index contributed by atoms with van der Waals surface area (Å²) in [6, 6.07) is 4.99. The zero-order chi connectivity index (χ0) is 13.7. The third-order valence-electron chi connectivity index (χ3n) is 2.61. The lowest BCUT2D eigenvalue weighted by atomic mass is 10.1. The van der Waals surface area contributed by atoms with Gasteiger partial charge in [-0.05, 0) is 24.6 Å². The van der Waals surface area contributed by atoms with Gasteiger partial charge in [0.25, 0.3) is 0 Å². The largest absolute Gasteiger partial charge is 0.326 e. The van der Waals surface area contributed by atoms with Gasteiger partial charge in [0, 0.05) is 18.5 Å². The van der Waals surface area contributed by atoms with Crippen molar-refractivity contribution in [3.63, 3.8) is 0 Å². The predicted octanol–water partition coefficient (Wildman–Crippen LogP) is 3.28. The van der Waals surface area contributed by atoms with Crippen LogP contribution in [0.5, 0.6) is 0 Å². The molecule has 0 aliphatic rings. The molecule has 0 saturated heterocycles. The highest BCUT2D eigenvalue weighted by Crippen LogP contribution is 2.25. The van der Waals surface area contributed by atoms with Crippen LogP contribution in [0.3, 0.4) is 0 Å². The molecule has 0 aliphatic carbocycles. The maximum absolute atomic E-state index is 11.7. The number of amides is 2. The average molecular weight is 269 g/mol. The van der Waals surface area contributed by atoms with Crippen molar-refractivity contribution in [1.29, 1.82) is 0 Å². The van der Waals surface area contributed by atoms with Gasteiger partial charge in [0.1, 0.15) is 0 Å². The molecule has 0 heterocycles. The molecule has 2 N–H and O–H groups in total. The van der Waals surface area contributed by atoms with Gasteiger partial charge in [-0.15, -0.1) is 0 Å². The van der Waals surface area contributed by atoms with Crippen LogP contribution in [0.4, 0.5) is 11.4 Å². The van der Waals surface area contributed by atoms with E-state index in [1.165, 1.54) is 6.92 Å². The standard InChI is InChI=1S/C13H17ClN2O2/c1-4-8(2)13(18)16-10-5-6-12(11(14)7-10)15-9(3)17/h5-8H,4H2,1-3H3,(H,15,17)(H,16,18). The van der Waals surface area contributed by atoms with Crippen molar-refractivity contribution >= 4 is 34.8 Å². The van der Waals surface area contributed by atoms with Crippen molar-refractivity contribution in [2.24, 2.45) is 5.92 Å². The molecule has 0 aliphatic heterocycles. The first kappa shape index (κ1) is 14.5. The van der Waals surface area contributed by atoms with Gasteiger partial charge in [-0.1, -0.05) is 25.4 Å². The second-order valence-corrected chi connectivity index (χ2v) is 4.58. The van der Waals surface area contributed by atoms with Crippen LogP contribution in [-0.4, -0.2) is 11.8 Å². The third-order valence-corrected chi connectivity index (χ3v) is 2.92. The van der Waals surface area contributed by atoms with Gasteiger partial charge in [-0.3, -0.25) is 9.59 Å². The Bertz CT molecular complexity index is 460. The van der Waals surface area contributed by atoms with E-state index in [-0.39, 0.29) is 17.7 Å². The van der Waals surface area contributed by atoms with Crippen molar-refractivity contribution in [1.82, 2.24) is 0 Å². The fourth-order valence-corrected chi connectivity index (χ4v) is 1.56.